The Labute approximate surface area is 103 Å². The van der Waals surface area contributed by atoms with Crippen LogP contribution in [-0.2, 0) is 9.59 Å². The first-order chi connectivity index (χ1) is 8.43. The number of carbonyl (C=O) groups is 3. The van der Waals surface area contributed by atoms with Crippen LogP contribution in [0.2, 0.25) is 0 Å². The van der Waals surface area contributed by atoms with E-state index in [9.17, 15) is 19.5 Å². The second-order valence-corrected chi connectivity index (χ2v) is 3.69. The summed E-state index contributed by atoms with van der Waals surface area (Å²) in [5.41, 5.74) is 0.219. The number of aliphatic hydroxyl groups excluding tert-OH is 1. The molecule has 1 rings (SSSR count). The largest absolute Gasteiger partial charge is 0.479 e. The first-order valence-corrected chi connectivity index (χ1v) is 5.20. The third-order valence-corrected chi connectivity index (χ3v) is 2.27. The third kappa shape index (κ3) is 3.39. The van der Waals surface area contributed by atoms with Crippen LogP contribution in [0.5, 0.6) is 0 Å². The molecule has 96 valence electrons. The van der Waals surface area contributed by atoms with Gasteiger partial charge in [-0.25, -0.2) is 4.79 Å². The van der Waals surface area contributed by atoms with Crippen LogP contribution >= 0.6 is 0 Å². The van der Waals surface area contributed by atoms with Crippen molar-refractivity contribution in [1.29, 1.82) is 0 Å². The van der Waals surface area contributed by atoms with E-state index in [0.717, 1.165) is 6.92 Å². The number of carboxylic acids is 1. The lowest BCUT2D eigenvalue weighted by molar-refractivity contribution is -0.147. The van der Waals surface area contributed by atoms with Crippen molar-refractivity contribution >= 4 is 17.7 Å². The minimum absolute atomic E-state index is 0.219. The quantitative estimate of drug-likeness (QED) is 0.630. The number of ketones is 1. The summed E-state index contributed by atoms with van der Waals surface area (Å²) < 4.78 is 0. The summed E-state index contributed by atoms with van der Waals surface area (Å²) in [6, 6.07) is 6.36. The number of aliphatic hydroxyl groups is 1. The SMILES string of the molecule is CC(=O)N[C@@H](C(=O)c1ccccc1)[C@H](O)C(=O)O. The molecular weight excluding hydrogens is 238 g/mol. The predicted octanol–water partition coefficient (Wildman–Crippen LogP) is -0.181. The maximum Gasteiger partial charge on any atom is 0.335 e. The van der Waals surface area contributed by atoms with Crippen LogP contribution in [0.15, 0.2) is 30.3 Å². The number of amides is 1. The highest BCUT2D eigenvalue weighted by molar-refractivity contribution is 6.04. The standard InChI is InChI=1S/C12H13NO5/c1-7(14)13-9(11(16)12(17)18)10(15)8-5-3-2-4-6-8/h2-6,9,11,16H,1H3,(H,13,14)(H,17,18)/t9-,11-/m0/s1. The molecule has 0 fully saturated rings. The van der Waals surface area contributed by atoms with Crippen molar-refractivity contribution in [3.05, 3.63) is 35.9 Å². The zero-order chi connectivity index (χ0) is 13.7. The number of Topliss-reactive ketones (excluding diaryl/α,β-unsaturated/α-hetero) is 1. The molecule has 0 aromatic heterocycles. The van der Waals surface area contributed by atoms with Gasteiger partial charge in [-0.1, -0.05) is 30.3 Å². The fraction of sp³-hybridized carbons (Fsp3) is 0.250. The van der Waals surface area contributed by atoms with Crippen LogP contribution < -0.4 is 5.32 Å². The number of carboxylic acid groups (broad SMARTS) is 1. The van der Waals surface area contributed by atoms with E-state index in [1.807, 2.05) is 0 Å². The van der Waals surface area contributed by atoms with Crippen molar-refractivity contribution in [3.63, 3.8) is 0 Å². The van der Waals surface area contributed by atoms with Crippen molar-refractivity contribution in [1.82, 2.24) is 5.32 Å². The van der Waals surface area contributed by atoms with Gasteiger partial charge >= 0.3 is 5.97 Å². The molecule has 0 heterocycles. The summed E-state index contributed by atoms with van der Waals surface area (Å²) in [5, 5.41) is 20.3. The molecule has 0 saturated heterocycles. The molecule has 6 heteroatoms. The van der Waals surface area contributed by atoms with Gasteiger partial charge in [-0.3, -0.25) is 9.59 Å². The number of hydrogen-bond donors (Lipinski definition) is 3. The number of aliphatic carboxylic acids is 1. The average molecular weight is 251 g/mol. The number of rotatable bonds is 5. The molecule has 0 unspecified atom stereocenters. The second kappa shape index (κ2) is 5.92. The summed E-state index contributed by atoms with van der Waals surface area (Å²) >= 11 is 0. The Bertz CT molecular complexity index is 457. The van der Waals surface area contributed by atoms with Gasteiger partial charge in [-0.2, -0.15) is 0 Å². The molecule has 2 atom stereocenters. The maximum absolute atomic E-state index is 12.0. The van der Waals surface area contributed by atoms with Gasteiger partial charge in [0.25, 0.3) is 0 Å². The van der Waals surface area contributed by atoms with Gasteiger partial charge < -0.3 is 15.5 Å². The zero-order valence-electron chi connectivity index (χ0n) is 9.66. The molecule has 1 aromatic rings. The van der Waals surface area contributed by atoms with Gasteiger partial charge in [0, 0.05) is 12.5 Å². The summed E-state index contributed by atoms with van der Waals surface area (Å²) in [6.07, 6.45) is -1.98. The van der Waals surface area contributed by atoms with Gasteiger partial charge in [0.2, 0.25) is 5.91 Å². The maximum atomic E-state index is 12.0. The van der Waals surface area contributed by atoms with Crippen LogP contribution in [0.1, 0.15) is 17.3 Å². The average Bonchev–Trinajstić information content (AvgIpc) is 2.35. The van der Waals surface area contributed by atoms with Crippen molar-refractivity contribution in [2.45, 2.75) is 19.1 Å². The fourth-order valence-corrected chi connectivity index (χ4v) is 1.43. The molecule has 0 aliphatic carbocycles. The molecule has 0 bridgehead atoms. The molecule has 6 nitrogen and oxygen atoms in total. The Morgan fingerprint density at radius 3 is 2.17 bits per heavy atom. The highest BCUT2D eigenvalue weighted by Crippen LogP contribution is 2.07. The minimum Gasteiger partial charge on any atom is -0.479 e. The van der Waals surface area contributed by atoms with Gasteiger partial charge in [-0.15, -0.1) is 0 Å². The normalized spacial score (nSPS) is 13.4. The molecule has 0 spiro atoms. The van der Waals surface area contributed by atoms with Gasteiger partial charge in [0.05, 0.1) is 0 Å². The van der Waals surface area contributed by atoms with E-state index in [2.05, 4.69) is 5.32 Å². The molecule has 0 saturated carbocycles. The van der Waals surface area contributed by atoms with Crippen molar-refractivity contribution in [2.24, 2.45) is 0 Å². The lowest BCUT2D eigenvalue weighted by Crippen LogP contribution is -2.51. The molecule has 3 N–H and O–H groups in total. The minimum atomic E-state index is -1.98. The summed E-state index contributed by atoms with van der Waals surface area (Å²) in [4.78, 5) is 33.6. The Balaban J connectivity index is 3.00. The van der Waals surface area contributed by atoms with Crippen LogP contribution in [0.4, 0.5) is 0 Å². The monoisotopic (exact) mass is 251 g/mol. The van der Waals surface area contributed by atoms with Crippen LogP contribution in [0.25, 0.3) is 0 Å². The van der Waals surface area contributed by atoms with Crippen molar-refractivity contribution < 1.29 is 24.6 Å². The molecule has 1 amide bonds. The van der Waals surface area contributed by atoms with Crippen molar-refractivity contribution in [3.8, 4) is 0 Å². The van der Waals surface area contributed by atoms with Crippen LogP contribution in [-0.4, -0.2) is 40.0 Å². The third-order valence-electron chi connectivity index (χ3n) is 2.27. The van der Waals surface area contributed by atoms with Crippen molar-refractivity contribution in [2.75, 3.05) is 0 Å². The Kier molecular flexibility index (Phi) is 4.56. The lowest BCUT2D eigenvalue weighted by Gasteiger charge is -2.19. The highest BCUT2D eigenvalue weighted by atomic mass is 16.4. The Morgan fingerprint density at radius 2 is 1.72 bits per heavy atom. The molecule has 1 aromatic carbocycles. The number of hydrogen-bond acceptors (Lipinski definition) is 4. The van der Waals surface area contributed by atoms with E-state index in [1.54, 1.807) is 18.2 Å². The fourth-order valence-electron chi connectivity index (χ4n) is 1.43. The smallest absolute Gasteiger partial charge is 0.335 e. The molecule has 18 heavy (non-hydrogen) atoms. The van der Waals surface area contributed by atoms with Crippen LogP contribution in [0, 0.1) is 0 Å². The number of nitrogens with one attached hydrogen (secondary N) is 1. The zero-order valence-corrected chi connectivity index (χ0v) is 9.66. The molecule has 0 aliphatic heterocycles. The first kappa shape index (κ1) is 13.9. The molecule has 0 radical (unpaired) electrons. The van der Waals surface area contributed by atoms with Gasteiger partial charge in [-0.05, 0) is 0 Å². The van der Waals surface area contributed by atoms with E-state index >= 15 is 0 Å². The summed E-state index contributed by atoms with van der Waals surface area (Å²) in [6.45, 7) is 1.14. The second-order valence-electron chi connectivity index (χ2n) is 3.69. The van der Waals surface area contributed by atoms with E-state index in [4.69, 9.17) is 5.11 Å². The summed E-state index contributed by atoms with van der Waals surface area (Å²) in [5.74, 6) is -2.82. The molecule has 0 aliphatic rings. The Morgan fingerprint density at radius 1 is 1.17 bits per heavy atom. The summed E-state index contributed by atoms with van der Waals surface area (Å²) in [7, 11) is 0. The first-order valence-electron chi connectivity index (χ1n) is 5.20. The number of benzene rings is 1. The highest BCUT2D eigenvalue weighted by Gasteiger charge is 2.33. The van der Waals surface area contributed by atoms with E-state index < -0.39 is 29.8 Å². The Hall–Kier alpha value is -2.21. The topological polar surface area (TPSA) is 104 Å². The predicted molar refractivity (Wildman–Crippen MR) is 62.0 cm³/mol. The van der Waals surface area contributed by atoms with Gasteiger partial charge in [0.15, 0.2) is 11.9 Å². The molecular formula is C12H13NO5. The van der Waals surface area contributed by atoms with E-state index in [1.165, 1.54) is 12.1 Å². The van der Waals surface area contributed by atoms with E-state index in [-0.39, 0.29) is 5.56 Å². The van der Waals surface area contributed by atoms with Gasteiger partial charge in [0.1, 0.15) is 6.04 Å². The van der Waals surface area contributed by atoms with Crippen LogP contribution in [0.3, 0.4) is 0 Å². The lowest BCUT2D eigenvalue weighted by atomic mass is 9.99. The van der Waals surface area contributed by atoms with E-state index in [0.29, 0.717) is 0 Å². The number of carbonyl (C=O) groups excluding carboxylic acids is 2.